The van der Waals surface area contributed by atoms with Crippen molar-refractivity contribution >= 4 is 12.4 Å². The van der Waals surface area contributed by atoms with Crippen LogP contribution in [0, 0.1) is 17.7 Å². The van der Waals surface area contributed by atoms with Crippen molar-refractivity contribution < 1.29 is 28.6 Å². The van der Waals surface area contributed by atoms with E-state index in [1.165, 1.54) is 18.7 Å². The van der Waals surface area contributed by atoms with Crippen molar-refractivity contribution in [1.82, 2.24) is 9.80 Å². The van der Waals surface area contributed by atoms with E-state index in [1.54, 1.807) is 19.2 Å². The summed E-state index contributed by atoms with van der Waals surface area (Å²) >= 11 is 0. The van der Waals surface area contributed by atoms with E-state index in [4.69, 9.17) is 19.4 Å². The molecule has 0 unspecified atom stereocenters. The van der Waals surface area contributed by atoms with Gasteiger partial charge in [-0.3, -0.25) is 14.5 Å². The Hall–Kier alpha value is -2.97. The van der Waals surface area contributed by atoms with Crippen LogP contribution in [0.15, 0.2) is 48.5 Å². The van der Waals surface area contributed by atoms with Gasteiger partial charge in [-0.1, -0.05) is 24.3 Å². The van der Waals surface area contributed by atoms with Crippen molar-refractivity contribution in [2.75, 3.05) is 40.5 Å². The fourth-order valence-corrected chi connectivity index (χ4v) is 4.88. The van der Waals surface area contributed by atoms with Crippen molar-refractivity contribution in [3.8, 4) is 5.75 Å². The predicted molar refractivity (Wildman–Crippen MR) is 117 cm³/mol. The number of hydrogen-bond donors (Lipinski definition) is 1. The van der Waals surface area contributed by atoms with E-state index < -0.39 is 0 Å². The van der Waals surface area contributed by atoms with Gasteiger partial charge in [-0.2, -0.15) is 0 Å². The Morgan fingerprint density at radius 2 is 1.91 bits per heavy atom. The van der Waals surface area contributed by atoms with Crippen LogP contribution in [0.3, 0.4) is 0 Å². The molecule has 172 valence electrons. The molecule has 0 spiro atoms. The SMILES string of the molecule is COCC(=O)N1C[C@H]2CN(Cc3cccc(OC)c3)C[C@H]2[C@@H]1c1cccc(F)c1.O=CO. The number of carbonyl (C=O) groups excluding carboxylic acids is 1. The van der Waals surface area contributed by atoms with Gasteiger partial charge in [0.2, 0.25) is 5.91 Å². The number of nitrogens with zero attached hydrogens (tertiary/aromatic N) is 2. The van der Waals surface area contributed by atoms with Gasteiger partial charge in [0.05, 0.1) is 13.2 Å². The summed E-state index contributed by atoms with van der Waals surface area (Å²) in [6, 6.07) is 14.7. The van der Waals surface area contributed by atoms with E-state index in [1.807, 2.05) is 23.1 Å². The lowest BCUT2D eigenvalue weighted by atomic mass is 9.89. The van der Waals surface area contributed by atoms with E-state index >= 15 is 0 Å². The Kier molecular flexibility index (Phi) is 8.19. The zero-order valence-electron chi connectivity index (χ0n) is 18.3. The highest BCUT2D eigenvalue weighted by Crippen LogP contribution is 2.45. The maximum Gasteiger partial charge on any atom is 0.290 e. The molecular formula is C24H29FN2O5. The second-order valence-corrected chi connectivity index (χ2v) is 8.05. The maximum atomic E-state index is 13.9. The first-order valence-corrected chi connectivity index (χ1v) is 10.5. The largest absolute Gasteiger partial charge is 0.497 e. The Morgan fingerprint density at radius 3 is 2.59 bits per heavy atom. The van der Waals surface area contributed by atoms with Gasteiger partial charge >= 0.3 is 0 Å². The van der Waals surface area contributed by atoms with Crippen LogP contribution < -0.4 is 4.74 Å². The Morgan fingerprint density at radius 1 is 1.16 bits per heavy atom. The summed E-state index contributed by atoms with van der Waals surface area (Å²) in [6.07, 6.45) is 0. The first-order chi connectivity index (χ1) is 15.5. The molecule has 2 saturated heterocycles. The van der Waals surface area contributed by atoms with E-state index in [0.29, 0.717) is 12.5 Å². The number of rotatable bonds is 6. The molecular weight excluding hydrogens is 415 g/mol. The lowest BCUT2D eigenvalue weighted by Crippen LogP contribution is -2.37. The van der Waals surface area contributed by atoms with Gasteiger partial charge in [0.1, 0.15) is 18.2 Å². The van der Waals surface area contributed by atoms with Gasteiger partial charge in [-0.05, 0) is 41.3 Å². The number of fused-ring (bicyclic) bond motifs is 1. The Labute approximate surface area is 187 Å². The van der Waals surface area contributed by atoms with Gasteiger partial charge in [0.25, 0.3) is 6.47 Å². The van der Waals surface area contributed by atoms with Crippen molar-refractivity contribution in [1.29, 1.82) is 0 Å². The minimum absolute atomic E-state index is 0.0319. The molecule has 0 saturated carbocycles. The van der Waals surface area contributed by atoms with Crippen molar-refractivity contribution in [3.05, 3.63) is 65.5 Å². The smallest absolute Gasteiger partial charge is 0.290 e. The number of hydrogen-bond acceptors (Lipinski definition) is 5. The van der Waals surface area contributed by atoms with Gasteiger partial charge in [-0.15, -0.1) is 0 Å². The van der Waals surface area contributed by atoms with Crippen molar-refractivity contribution in [3.63, 3.8) is 0 Å². The summed E-state index contributed by atoms with van der Waals surface area (Å²) < 4.78 is 24.3. The summed E-state index contributed by atoms with van der Waals surface area (Å²) in [4.78, 5) is 25.3. The molecule has 3 atom stereocenters. The van der Waals surface area contributed by atoms with Gasteiger partial charge in [0, 0.05) is 39.2 Å². The summed E-state index contributed by atoms with van der Waals surface area (Å²) in [5.74, 6) is 1.21. The third kappa shape index (κ3) is 5.44. The zero-order chi connectivity index (χ0) is 23.1. The molecule has 2 aromatic carbocycles. The van der Waals surface area contributed by atoms with E-state index in [0.717, 1.165) is 30.9 Å². The molecule has 0 radical (unpaired) electrons. The molecule has 2 fully saturated rings. The molecule has 32 heavy (non-hydrogen) atoms. The minimum atomic E-state index is -0.267. The maximum absolute atomic E-state index is 13.9. The molecule has 2 aliphatic heterocycles. The molecule has 4 rings (SSSR count). The molecule has 2 aromatic rings. The van der Waals surface area contributed by atoms with Crippen LogP contribution in [-0.2, 0) is 20.9 Å². The summed E-state index contributed by atoms with van der Waals surface area (Å²) in [6.45, 7) is 3.12. The summed E-state index contributed by atoms with van der Waals surface area (Å²) in [5.41, 5.74) is 2.07. The lowest BCUT2D eigenvalue weighted by Gasteiger charge is -2.30. The van der Waals surface area contributed by atoms with Gasteiger partial charge in [-0.25, -0.2) is 4.39 Å². The van der Waals surface area contributed by atoms with Crippen molar-refractivity contribution in [2.45, 2.75) is 12.6 Å². The number of carboxylic acid groups (broad SMARTS) is 1. The molecule has 0 bridgehead atoms. The minimum Gasteiger partial charge on any atom is -0.497 e. The van der Waals surface area contributed by atoms with Crippen LogP contribution in [0.4, 0.5) is 4.39 Å². The summed E-state index contributed by atoms with van der Waals surface area (Å²) in [7, 11) is 3.20. The van der Waals surface area contributed by atoms with E-state index in [2.05, 4.69) is 17.0 Å². The third-order valence-electron chi connectivity index (χ3n) is 6.06. The van der Waals surface area contributed by atoms with Crippen LogP contribution in [-0.4, -0.2) is 67.7 Å². The topological polar surface area (TPSA) is 79.3 Å². The van der Waals surface area contributed by atoms with Crippen LogP contribution in [0.1, 0.15) is 17.2 Å². The monoisotopic (exact) mass is 444 g/mol. The molecule has 0 aliphatic carbocycles. The quantitative estimate of drug-likeness (QED) is 0.691. The standard InChI is InChI=1S/C23H27FN2O3.CH2O2/c1-28-15-22(27)26-13-18-12-25(11-16-5-3-8-20(9-16)29-2)14-21(18)23(26)17-6-4-7-19(24)10-17;2-1-3/h3-10,18,21,23H,11-15H2,1-2H3;1H,(H,2,3)/t18-,21-,23+;/m1./s1. The normalized spacial score (nSPS) is 22.1. The predicted octanol–water partition coefficient (Wildman–Crippen LogP) is 2.81. The van der Waals surface area contributed by atoms with Crippen molar-refractivity contribution in [2.24, 2.45) is 11.8 Å². The average Bonchev–Trinajstić information content (AvgIpc) is 3.32. The number of methoxy groups -OCH3 is 2. The van der Waals surface area contributed by atoms with Gasteiger partial charge in [0.15, 0.2) is 0 Å². The first-order valence-electron chi connectivity index (χ1n) is 10.5. The molecule has 2 heterocycles. The highest BCUT2D eigenvalue weighted by atomic mass is 19.1. The van der Waals surface area contributed by atoms with E-state index in [9.17, 15) is 9.18 Å². The molecule has 7 nitrogen and oxygen atoms in total. The van der Waals surface area contributed by atoms with Crippen LogP contribution in [0.25, 0.3) is 0 Å². The average molecular weight is 445 g/mol. The van der Waals surface area contributed by atoms with Crippen LogP contribution >= 0.6 is 0 Å². The third-order valence-corrected chi connectivity index (χ3v) is 6.06. The highest BCUT2D eigenvalue weighted by Gasteiger charge is 2.48. The number of halogens is 1. The van der Waals surface area contributed by atoms with Gasteiger partial charge < -0.3 is 19.5 Å². The Balaban J connectivity index is 0.000000913. The molecule has 0 aromatic heterocycles. The molecule has 1 amide bonds. The fraction of sp³-hybridized carbons (Fsp3) is 0.417. The van der Waals surface area contributed by atoms with Crippen LogP contribution in [0.5, 0.6) is 5.75 Å². The number of ether oxygens (including phenoxy) is 2. The number of amides is 1. The molecule has 2 aliphatic rings. The zero-order valence-corrected chi connectivity index (χ0v) is 18.3. The Bertz CT molecular complexity index is 925. The first kappa shape index (κ1) is 23.7. The second-order valence-electron chi connectivity index (χ2n) is 8.05. The summed E-state index contributed by atoms with van der Waals surface area (Å²) in [5, 5.41) is 6.89. The van der Waals surface area contributed by atoms with Crippen LogP contribution in [0.2, 0.25) is 0 Å². The fourth-order valence-electron chi connectivity index (χ4n) is 4.88. The molecule has 1 N–H and O–H groups in total. The molecule has 8 heteroatoms. The van der Waals surface area contributed by atoms with E-state index in [-0.39, 0.29) is 36.8 Å². The lowest BCUT2D eigenvalue weighted by molar-refractivity contribution is -0.136. The second kappa shape index (κ2) is 11.1. The number of likely N-dealkylation sites (tertiary alicyclic amines) is 2. The highest BCUT2D eigenvalue weighted by molar-refractivity contribution is 5.78. The number of carbonyl (C=O) groups is 2. The number of benzene rings is 2.